The molecule has 27 heavy (non-hydrogen) atoms. The number of aryl methyl sites for hydroxylation is 2. The lowest BCUT2D eigenvalue weighted by Gasteiger charge is -2.25. The maximum Gasteiger partial charge on any atom is 0.134 e. The number of nitrogens with zero attached hydrogens (tertiary/aromatic N) is 4. The highest BCUT2D eigenvalue weighted by Gasteiger charge is 2.28. The topological polar surface area (TPSA) is 73.1 Å². The predicted octanol–water partition coefficient (Wildman–Crippen LogP) is 4.01. The summed E-state index contributed by atoms with van der Waals surface area (Å²) in [5.74, 6) is 1.42. The first-order valence-corrected chi connectivity index (χ1v) is 10.1. The second-order valence-electron chi connectivity index (χ2n) is 9.21. The van der Waals surface area contributed by atoms with Crippen LogP contribution < -0.4 is 5.73 Å². The van der Waals surface area contributed by atoms with E-state index in [1.807, 2.05) is 20.0 Å². The first kappa shape index (κ1) is 20.4. The number of hydrogen-bond acceptors (Lipinski definition) is 5. The van der Waals surface area contributed by atoms with E-state index in [9.17, 15) is 0 Å². The van der Waals surface area contributed by atoms with Crippen LogP contribution in [0.25, 0.3) is 11.4 Å². The van der Waals surface area contributed by atoms with Crippen molar-refractivity contribution in [1.82, 2.24) is 19.8 Å². The van der Waals surface area contributed by atoms with Gasteiger partial charge in [-0.3, -0.25) is 9.58 Å². The van der Waals surface area contributed by atoms with Gasteiger partial charge in [-0.25, -0.2) is 0 Å². The highest BCUT2D eigenvalue weighted by Crippen LogP contribution is 2.32. The molecule has 2 aromatic rings. The third-order valence-corrected chi connectivity index (χ3v) is 5.67. The van der Waals surface area contributed by atoms with Crippen molar-refractivity contribution in [3.63, 3.8) is 0 Å². The van der Waals surface area contributed by atoms with E-state index >= 15 is 0 Å². The Morgan fingerprint density at radius 3 is 2.78 bits per heavy atom. The van der Waals surface area contributed by atoms with Crippen molar-refractivity contribution >= 4 is 11.6 Å². The van der Waals surface area contributed by atoms with Crippen molar-refractivity contribution in [2.24, 2.45) is 24.1 Å². The molecule has 2 unspecified atom stereocenters. The SMILES string of the molecule is Cc1cc(-c2nn(C)c(Cl)c2CN2CCC(CC(N)CC(C)(C)C)C2)no1. The van der Waals surface area contributed by atoms with Gasteiger partial charge in [0.25, 0.3) is 0 Å². The summed E-state index contributed by atoms with van der Waals surface area (Å²) in [5.41, 5.74) is 9.26. The smallest absolute Gasteiger partial charge is 0.134 e. The Morgan fingerprint density at radius 2 is 2.15 bits per heavy atom. The molecule has 0 spiro atoms. The third kappa shape index (κ3) is 5.12. The second-order valence-corrected chi connectivity index (χ2v) is 9.57. The van der Waals surface area contributed by atoms with Crippen LogP contribution in [0, 0.1) is 18.3 Å². The van der Waals surface area contributed by atoms with Gasteiger partial charge in [-0.2, -0.15) is 5.10 Å². The molecule has 0 saturated carbocycles. The number of nitrogens with two attached hydrogens (primary N) is 1. The molecule has 0 aromatic carbocycles. The molecule has 2 aromatic heterocycles. The number of rotatable bonds is 6. The lowest BCUT2D eigenvalue weighted by atomic mass is 9.85. The molecule has 2 atom stereocenters. The van der Waals surface area contributed by atoms with Gasteiger partial charge < -0.3 is 10.3 Å². The molecule has 2 N–H and O–H groups in total. The van der Waals surface area contributed by atoms with E-state index in [0.717, 1.165) is 55.2 Å². The highest BCUT2D eigenvalue weighted by atomic mass is 35.5. The summed E-state index contributed by atoms with van der Waals surface area (Å²) in [6, 6.07) is 2.17. The maximum absolute atomic E-state index is 6.54. The van der Waals surface area contributed by atoms with E-state index in [1.54, 1.807) is 4.68 Å². The summed E-state index contributed by atoms with van der Waals surface area (Å²) >= 11 is 6.54. The minimum Gasteiger partial charge on any atom is -0.361 e. The zero-order valence-electron chi connectivity index (χ0n) is 17.1. The maximum atomic E-state index is 6.54. The molecule has 0 amide bonds. The summed E-state index contributed by atoms with van der Waals surface area (Å²) in [6.07, 6.45) is 3.34. The van der Waals surface area contributed by atoms with Crippen molar-refractivity contribution in [3.05, 3.63) is 22.5 Å². The van der Waals surface area contributed by atoms with Crippen LogP contribution in [0.5, 0.6) is 0 Å². The fourth-order valence-corrected chi connectivity index (χ4v) is 4.33. The summed E-state index contributed by atoms with van der Waals surface area (Å²) in [7, 11) is 1.86. The Kier molecular flexibility index (Phi) is 5.99. The van der Waals surface area contributed by atoms with Gasteiger partial charge >= 0.3 is 0 Å². The highest BCUT2D eigenvalue weighted by molar-refractivity contribution is 6.30. The average Bonchev–Trinajstić information content (AvgIpc) is 3.22. The first-order chi connectivity index (χ1) is 12.6. The molecule has 0 radical (unpaired) electrons. The molecule has 0 aliphatic carbocycles. The Hall–Kier alpha value is -1.37. The van der Waals surface area contributed by atoms with Gasteiger partial charge in [-0.15, -0.1) is 0 Å². The molecule has 1 saturated heterocycles. The van der Waals surface area contributed by atoms with E-state index in [-0.39, 0.29) is 11.5 Å². The van der Waals surface area contributed by atoms with Gasteiger partial charge in [0.15, 0.2) is 0 Å². The van der Waals surface area contributed by atoms with Crippen LogP contribution in [-0.4, -0.2) is 39.0 Å². The quantitative estimate of drug-likeness (QED) is 0.802. The molecule has 6 nitrogen and oxygen atoms in total. The largest absolute Gasteiger partial charge is 0.361 e. The Morgan fingerprint density at radius 1 is 1.41 bits per heavy atom. The summed E-state index contributed by atoms with van der Waals surface area (Å²) < 4.78 is 6.94. The van der Waals surface area contributed by atoms with Crippen LogP contribution in [0.1, 0.15) is 51.4 Å². The molecule has 0 bridgehead atoms. The van der Waals surface area contributed by atoms with E-state index in [0.29, 0.717) is 11.1 Å². The average molecular weight is 394 g/mol. The number of aromatic nitrogens is 3. The Bertz CT molecular complexity index is 776. The summed E-state index contributed by atoms with van der Waals surface area (Å²) in [6.45, 7) is 11.5. The zero-order valence-corrected chi connectivity index (χ0v) is 17.9. The van der Waals surface area contributed by atoms with Crippen molar-refractivity contribution in [3.8, 4) is 11.4 Å². The zero-order chi connectivity index (χ0) is 19.8. The predicted molar refractivity (Wildman–Crippen MR) is 109 cm³/mol. The minimum absolute atomic E-state index is 0.269. The van der Waals surface area contributed by atoms with Gasteiger partial charge in [-0.05, 0) is 44.1 Å². The molecule has 3 rings (SSSR count). The third-order valence-electron chi connectivity index (χ3n) is 5.20. The fourth-order valence-electron chi connectivity index (χ4n) is 4.14. The van der Waals surface area contributed by atoms with Gasteiger partial charge in [0.1, 0.15) is 22.3 Å². The second kappa shape index (κ2) is 7.94. The first-order valence-electron chi connectivity index (χ1n) is 9.75. The minimum atomic E-state index is 0.269. The molecule has 150 valence electrons. The van der Waals surface area contributed by atoms with Crippen LogP contribution in [0.4, 0.5) is 0 Å². The standard InChI is InChI=1S/C20H32ClN5O/c1-13-8-17(24-27-13)18-16(19(21)25(5)23-18)12-26-7-6-14(11-26)9-15(22)10-20(2,3)4/h8,14-15H,6-7,9-12,22H2,1-5H3. The van der Waals surface area contributed by atoms with E-state index in [4.69, 9.17) is 21.9 Å². The monoisotopic (exact) mass is 393 g/mol. The van der Waals surface area contributed by atoms with Gasteiger partial charge in [-0.1, -0.05) is 37.5 Å². The van der Waals surface area contributed by atoms with Crippen LogP contribution in [-0.2, 0) is 13.6 Å². The molecule has 1 aliphatic rings. The van der Waals surface area contributed by atoms with Crippen molar-refractivity contribution in [2.45, 2.75) is 59.5 Å². The van der Waals surface area contributed by atoms with Gasteiger partial charge in [0.2, 0.25) is 0 Å². The number of halogens is 1. The molecular weight excluding hydrogens is 362 g/mol. The van der Waals surface area contributed by atoms with Crippen LogP contribution in [0.3, 0.4) is 0 Å². The molecule has 1 aliphatic heterocycles. The number of likely N-dealkylation sites (tertiary alicyclic amines) is 1. The lowest BCUT2D eigenvalue weighted by Crippen LogP contribution is -2.29. The van der Waals surface area contributed by atoms with Crippen LogP contribution >= 0.6 is 11.6 Å². The van der Waals surface area contributed by atoms with Crippen LogP contribution in [0.2, 0.25) is 5.15 Å². The normalized spacial score (nSPS) is 19.7. The molecule has 7 heteroatoms. The molecular formula is C20H32ClN5O. The van der Waals surface area contributed by atoms with E-state index < -0.39 is 0 Å². The van der Waals surface area contributed by atoms with Crippen LogP contribution in [0.15, 0.2) is 10.6 Å². The lowest BCUT2D eigenvalue weighted by molar-refractivity contribution is 0.285. The van der Waals surface area contributed by atoms with Gasteiger partial charge in [0.05, 0.1) is 0 Å². The van der Waals surface area contributed by atoms with E-state index in [1.165, 1.54) is 6.42 Å². The summed E-state index contributed by atoms with van der Waals surface area (Å²) in [4.78, 5) is 2.45. The van der Waals surface area contributed by atoms with E-state index in [2.05, 4.69) is 35.9 Å². The van der Waals surface area contributed by atoms with Crippen molar-refractivity contribution in [1.29, 1.82) is 0 Å². The van der Waals surface area contributed by atoms with Crippen molar-refractivity contribution < 1.29 is 4.52 Å². The molecule has 1 fully saturated rings. The number of hydrogen-bond donors (Lipinski definition) is 1. The Balaban J connectivity index is 1.65. The molecule has 3 heterocycles. The summed E-state index contributed by atoms with van der Waals surface area (Å²) in [5, 5.41) is 9.34. The van der Waals surface area contributed by atoms with Crippen molar-refractivity contribution in [2.75, 3.05) is 13.1 Å². The van der Waals surface area contributed by atoms with Gasteiger partial charge in [0, 0.05) is 37.8 Å². The fraction of sp³-hybridized carbons (Fsp3) is 0.700. The Labute approximate surface area is 167 Å².